The molecule has 2 aromatic carbocycles. The number of nitrogens with one attached hydrogen (secondary N) is 2. The predicted molar refractivity (Wildman–Crippen MR) is 117 cm³/mol. The second-order valence-electron chi connectivity index (χ2n) is 6.07. The molecule has 0 heterocycles. The van der Waals surface area contributed by atoms with Crippen LogP contribution in [0, 0.1) is 0 Å². The van der Waals surface area contributed by atoms with Crippen LogP contribution in [0.5, 0.6) is 11.5 Å². The van der Waals surface area contributed by atoms with E-state index in [1.165, 1.54) is 26.4 Å². The fourth-order valence-corrected chi connectivity index (χ4v) is 4.32. The number of carbonyl (C=O) groups excluding carboxylic acids is 1. The maximum Gasteiger partial charge on any atom is 0.265 e. The molecule has 29 heavy (non-hydrogen) atoms. The zero-order valence-electron chi connectivity index (χ0n) is 16.6. The second-order valence-corrected chi connectivity index (χ2v) is 8.58. The van der Waals surface area contributed by atoms with Crippen LogP contribution in [0.3, 0.4) is 0 Å². The molecule has 0 unspecified atom stereocenters. The van der Waals surface area contributed by atoms with Crippen molar-refractivity contribution in [3.63, 3.8) is 0 Å². The number of amides is 1. The van der Waals surface area contributed by atoms with Crippen molar-refractivity contribution in [3.8, 4) is 11.5 Å². The van der Waals surface area contributed by atoms with Gasteiger partial charge in [-0.2, -0.15) is 0 Å². The topological polar surface area (TPSA) is 93.7 Å². The number of allylic oxidation sites excluding steroid dienone is 1. The number of hydrogen-bond acceptors (Lipinski definition) is 5. The molecule has 2 N–H and O–H groups in total. The molecule has 2 aromatic rings. The van der Waals surface area contributed by atoms with Gasteiger partial charge in [-0.05, 0) is 65.7 Å². The number of ether oxygens (including phenoxy) is 2. The van der Waals surface area contributed by atoms with Crippen molar-refractivity contribution >= 4 is 43.2 Å². The number of rotatable bonds is 8. The molecule has 0 saturated carbocycles. The van der Waals surface area contributed by atoms with Gasteiger partial charge < -0.3 is 14.8 Å². The highest BCUT2D eigenvalue weighted by atomic mass is 79.9. The minimum Gasteiger partial charge on any atom is -0.496 e. The first-order chi connectivity index (χ1) is 13.7. The first kappa shape index (κ1) is 22.8. The molecule has 0 aliphatic carbocycles. The van der Waals surface area contributed by atoms with Crippen molar-refractivity contribution in [3.05, 3.63) is 52.5 Å². The number of methoxy groups -OCH3 is 2. The van der Waals surface area contributed by atoms with E-state index in [1.807, 2.05) is 6.92 Å². The van der Waals surface area contributed by atoms with E-state index in [4.69, 9.17) is 9.47 Å². The molecule has 0 saturated heterocycles. The molecule has 9 heteroatoms. The van der Waals surface area contributed by atoms with Crippen molar-refractivity contribution in [2.45, 2.75) is 25.2 Å². The highest BCUT2D eigenvalue weighted by molar-refractivity contribution is 9.10. The number of sulfonamides is 1. The number of halogens is 1. The molecular formula is C20H23BrN2O5S. The Hall–Kier alpha value is -2.52. The lowest BCUT2D eigenvalue weighted by molar-refractivity contribution is -0.112. The highest BCUT2D eigenvalue weighted by Gasteiger charge is 2.21. The lowest BCUT2D eigenvalue weighted by atomic mass is 10.2. The van der Waals surface area contributed by atoms with Crippen LogP contribution in [0.25, 0.3) is 0 Å². The van der Waals surface area contributed by atoms with Gasteiger partial charge in [-0.25, -0.2) is 8.42 Å². The van der Waals surface area contributed by atoms with E-state index in [0.29, 0.717) is 27.2 Å². The van der Waals surface area contributed by atoms with Gasteiger partial charge in [0.15, 0.2) is 0 Å². The lowest BCUT2D eigenvalue weighted by Crippen LogP contribution is -2.16. The zero-order valence-corrected chi connectivity index (χ0v) is 19.0. The quantitative estimate of drug-likeness (QED) is 0.537. The minimum atomic E-state index is -3.98. The van der Waals surface area contributed by atoms with Gasteiger partial charge in [0.2, 0.25) is 0 Å². The number of anilines is 2. The van der Waals surface area contributed by atoms with Crippen LogP contribution in [0.4, 0.5) is 11.4 Å². The van der Waals surface area contributed by atoms with Crippen molar-refractivity contribution in [1.29, 1.82) is 0 Å². The van der Waals surface area contributed by atoms with E-state index < -0.39 is 10.0 Å². The van der Waals surface area contributed by atoms with Gasteiger partial charge in [0.05, 0.1) is 24.4 Å². The standard InChI is InChI=1S/C20H23BrN2O5S/c1-5-6-13(2)20(24)22-14-7-10-18(28-4)19(12-14)29(25,26)23-15-8-9-17(27-3)16(21)11-15/h6-12,23H,5H2,1-4H3,(H,22,24)/b13-6-. The maximum atomic E-state index is 13.0. The van der Waals surface area contributed by atoms with Crippen LogP contribution in [-0.4, -0.2) is 28.5 Å². The summed E-state index contributed by atoms with van der Waals surface area (Å²) in [6.45, 7) is 3.63. The van der Waals surface area contributed by atoms with Crippen molar-refractivity contribution in [1.82, 2.24) is 0 Å². The van der Waals surface area contributed by atoms with Crippen molar-refractivity contribution in [2.24, 2.45) is 0 Å². The van der Waals surface area contributed by atoms with Crippen LogP contribution >= 0.6 is 15.9 Å². The fraction of sp³-hybridized carbons (Fsp3) is 0.250. The summed E-state index contributed by atoms with van der Waals surface area (Å²) in [5.41, 5.74) is 1.24. The monoisotopic (exact) mass is 482 g/mol. The Morgan fingerprint density at radius 2 is 1.69 bits per heavy atom. The molecule has 0 radical (unpaired) electrons. The average Bonchev–Trinajstić information content (AvgIpc) is 2.68. The summed E-state index contributed by atoms with van der Waals surface area (Å²) in [6.07, 6.45) is 2.52. The van der Waals surface area contributed by atoms with E-state index >= 15 is 0 Å². The number of hydrogen-bond donors (Lipinski definition) is 2. The Morgan fingerprint density at radius 3 is 2.28 bits per heavy atom. The van der Waals surface area contributed by atoms with Crippen LogP contribution in [0.2, 0.25) is 0 Å². The first-order valence-corrected chi connectivity index (χ1v) is 11.0. The Morgan fingerprint density at radius 1 is 1.07 bits per heavy atom. The van der Waals surface area contributed by atoms with Gasteiger partial charge in [0, 0.05) is 11.3 Å². The summed E-state index contributed by atoms with van der Waals surface area (Å²) in [6, 6.07) is 9.24. The van der Waals surface area contributed by atoms with Crippen molar-refractivity contribution in [2.75, 3.05) is 24.3 Å². The van der Waals surface area contributed by atoms with Gasteiger partial charge in [-0.15, -0.1) is 0 Å². The summed E-state index contributed by atoms with van der Waals surface area (Å²) >= 11 is 3.33. The molecule has 7 nitrogen and oxygen atoms in total. The van der Waals surface area contributed by atoms with E-state index in [1.54, 1.807) is 37.3 Å². The summed E-state index contributed by atoms with van der Waals surface area (Å²) < 4.78 is 39.4. The normalized spacial score (nSPS) is 11.7. The van der Waals surface area contributed by atoms with Crippen LogP contribution in [0.1, 0.15) is 20.3 Å². The molecule has 0 fully saturated rings. The Kier molecular flexibility index (Phi) is 7.69. The van der Waals surface area contributed by atoms with Gasteiger partial charge in [-0.1, -0.05) is 13.0 Å². The third-order valence-electron chi connectivity index (χ3n) is 3.98. The molecule has 0 aromatic heterocycles. The zero-order chi connectivity index (χ0) is 21.6. The fourth-order valence-electron chi connectivity index (χ4n) is 2.53. The summed E-state index contributed by atoms with van der Waals surface area (Å²) in [7, 11) is -1.08. The van der Waals surface area contributed by atoms with Gasteiger partial charge >= 0.3 is 0 Å². The van der Waals surface area contributed by atoms with Crippen molar-refractivity contribution < 1.29 is 22.7 Å². The molecular weight excluding hydrogens is 460 g/mol. The largest absolute Gasteiger partial charge is 0.496 e. The minimum absolute atomic E-state index is 0.0955. The molecule has 0 spiro atoms. The molecule has 0 atom stereocenters. The SMILES string of the molecule is CC/C=C(/C)C(=O)Nc1ccc(OC)c(S(=O)(=O)Nc2ccc(OC)c(Br)c2)c1. The van der Waals surface area contributed by atoms with Crippen LogP contribution in [0.15, 0.2) is 57.4 Å². The molecule has 2 rings (SSSR count). The Balaban J connectivity index is 2.36. The van der Waals surface area contributed by atoms with E-state index in [0.717, 1.165) is 6.42 Å². The van der Waals surface area contributed by atoms with Gasteiger partial charge in [0.1, 0.15) is 16.4 Å². The van der Waals surface area contributed by atoms with Crippen LogP contribution < -0.4 is 19.5 Å². The highest BCUT2D eigenvalue weighted by Crippen LogP contribution is 2.32. The smallest absolute Gasteiger partial charge is 0.265 e. The third-order valence-corrected chi connectivity index (χ3v) is 6.01. The lowest BCUT2D eigenvalue weighted by Gasteiger charge is -2.14. The average molecular weight is 483 g/mol. The third kappa shape index (κ3) is 5.74. The van der Waals surface area contributed by atoms with E-state index in [2.05, 4.69) is 26.0 Å². The molecule has 0 aliphatic rings. The van der Waals surface area contributed by atoms with E-state index in [-0.39, 0.29) is 16.6 Å². The summed E-state index contributed by atoms with van der Waals surface area (Å²) in [5, 5.41) is 2.70. The Bertz CT molecular complexity index is 1040. The molecule has 156 valence electrons. The molecule has 1 amide bonds. The maximum absolute atomic E-state index is 13.0. The number of benzene rings is 2. The number of carbonyl (C=O) groups is 1. The van der Waals surface area contributed by atoms with Crippen LogP contribution in [-0.2, 0) is 14.8 Å². The predicted octanol–water partition coefficient (Wildman–Crippen LogP) is 4.56. The first-order valence-electron chi connectivity index (χ1n) is 8.74. The summed E-state index contributed by atoms with van der Waals surface area (Å²) in [4.78, 5) is 12.1. The van der Waals surface area contributed by atoms with Gasteiger partial charge in [-0.3, -0.25) is 9.52 Å². The molecule has 0 aliphatic heterocycles. The molecule has 0 bridgehead atoms. The Labute approximate surface area is 179 Å². The van der Waals surface area contributed by atoms with E-state index in [9.17, 15) is 13.2 Å². The summed E-state index contributed by atoms with van der Waals surface area (Å²) in [5.74, 6) is 0.432. The second kappa shape index (κ2) is 9.80. The van der Waals surface area contributed by atoms with Gasteiger partial charge in [0.25, 0.3) is 15.9 Å².